The Kier molecular flexibility index (Phi) is 7.06. The lowest BCUT2D eigenvalue weighted by atomic mass is 9.75. The zero-order valence-corrected chi connectivity index (χ0v) is 20.7. The van der Waals surface area contributed by atoms with E-state index in [2.05, 4.69) is 36.5 Å². The predicted octanol–water partition coefficient (Wildman–Crippen LogP) is 1.90. The molecule has 8 nitrogen and oxygen atoms in total. The highest BCUT2D eigenvalue weighted by Crippen LogP contribution is 2.36. The van der Waals surface area contributed by atoms with Crippen LogP contribution in [0.4, 0.5) is 5.82 Å². The Balaban J connectivity index is 1.11. The van der Waals surface area contributed by atoms with E-state index in [4.69, 9.17) is 4.74 Å². The molecule has 6 rings (SSSR count). The molecule has 9 heteroatoms. The van der Waals surface area contributed by atoms with Crippen molar-refractivity contribution < 1.29 is 13.2 Å². The van der Waals surface area contributed by atoms with Crippen LogP contribution in [0.1, 0.15) is 12.8 Å². The number of sulfonamides is 1. The Morgan fingerprint density at radius 2 is 1.85 bits per heavy atom. The van der Waals surface area contributed by atoms with Crippen molar-refractivity contribution in [1.82, 2.24) is 19.5 Å². The van der Waals surface area contributed by atoms with Crippen LogP contribution in [0.3, 0.4) is 0 Å². The van der Waals surface area contributed by atoms with Gasteiger partial charge in [-0.1, -0.05) is 6.07 Å². The van der Waals surface area contributed by atoms with Gasteiger partial charge in [-0.15, -0.1) is 0 Å². The van der Waals surface area contributed by atoms with Crippen molar-refractivity contribution in [3.8, 4) is 5.75 Å². The van der Waals surface area contributed by atoms with Crippen molar-refractivity contribution >= 4 is 15.8 Å². The Hall–Kier alpha value is -2.20. The quantitative estimate of drug-likeness (QED) is 0.612. The lowest BCUT2D eigenvalue weighted by Crippen LogP contribution is -2.59. The van der Waals surface area contributed by atoms with Crippen molar-refractivity contribution in [3.63, 3.8) is 0 Å². The maximum absolute atomic E-state index is 12.8. The minimum Gasteiger partial charge on any atom is -0.497 e. The Bertz CT molecular complexity index is 1040. The maximum atomic E-state index is 12.8. The number of pyridine rings is 1. The number of methoxy groups -OCH3 is 1. The number of rotatable bonds is 8. The van der Waals surface area contributed by atoms with Crippen molar-refractivity contribution in [2.75, 3.05) is 64.4 Å². The Morgan fingerprint density at radius 1 is 1.06 bits per heavy atom. The number of anilines is 1. The van der Waals surface area contributed by atoms with E-state index >= 15 is 0 Å². The average molecular weight is 486 g/mol. The van der Waals surface area contributed by atoms with Crippen LogP contribution in [-0.2, 0) is 10.0 Å². The molecule has 0 spiro atoms. The molecular weight excluding hydrogens is 450 g/mol. The Labute approximate surface area is 203 Å². The fourth-order valence-corrected chi connectivity index (χ4v) is 6.82. The summed E-state index contributed by atoms with van der Waals surface area (Å²) in [5, 5.41) is 0. The summed E-state index contributed by atoms with van der Waals surface area (Å²) in [5.74, 6) is 3.07. The highest BCUT2D eigenvalue weighted by Gasteiger charge is 2.41. The monoisotopic (exact) mass is 485 g/mol. The second-order valence-electron chi connectivity index (χ2n) is 9.70. The summed E-state index contributed by atoms with van der Waals surface area (Å²) < 4.78 is 33.5. The van der Waals surface area contributed by atoms with Gasteiger partial charge in [0.1, 0.15) is 11.6 Å². The van der Waals surface area contributed by atoms with E-state index in [9.17, 15) is 8.42 Å². The molecule has 4 atom stereocenters. The van der Waals surface area contributed by atoms with E-state index in [1.165, 1.54) is 6.42 Å². The van der Waals surface area contributed by atoms with Crippen LogP contribution in [0, 0.1) is 11.8 Å². The van der Waals surface area contributed by atoms with Gasteiger partial charge in [-0.2, -0.15) is 0 Å². The Morgan fingerprint density at radius 3 is 2.50 bits per heavy atom. The fraction of sp³-hybridized carbons (Fsp3) is 0.560. The van der Waals surface area contributed by atoms with Crippen molar-refractivity contribution in [2.24, 2.45) is 11.8 Å². The summed E-state index contributed by atoms with van der Waals surface area (Å²) in [6, 6.07) is 12.9. The smallest absolute Gasteiger partial charge is 0.240 e. The fourth-order valence-electron chi connectivity index (χ4n) is 5.74. The summed E-state index contributed by atoms with van der Waals surface area (Å²) in [5.41, 5.74) is 0. The van der Waals surface area contributed by atoms with E-state index in [1.807, 2.05) is 12.3 Å². The zero-order chi connectivity index (χ0) is 23.5. The van der Waals surface area contributed by atoms with Gasteiger partial charge in [-0.3, -0.25) is 9.80 Å². The third-order valence-corrected chi connectivity index (χ3v) is 9.17. The van der Waals surface area contributed by atoms with Gasteiger partial charge in [0.05, 0.1) is 12.0 Å². The molecule has 4 saturated heterocycles. The van der Waals surface area contributed by atoms with E-state index in [1.54, 1.807) is 31.4 Å². The minimum absolute atomic E-state index is 0.282. The van der Waals surface area contributed by atoms with E-state index in [0.29, 0.717) is 24.1 Å². The van der Waals surface area contributed by atoms with Gasteiger partial charge in [0.2, 0.25) is 10.0 Å². The number of nitrogens with one attached hydrogen (secondary N) is 1. The first-order chi connectivity index (χ1) is 16.5. The molecule has 1 unspecified atom stereocenters. The number of aromatic nitrogens is 1. The van der Waals surface area contributed by atoms with Gasteiger partial charge in [0.25, 0.3) is 0 Å². The van der Waals surface area contributed by atoms with Gasteiger partial charge < -0.3 is 9.64 Å². The summed E-state index contributed by atoms with van der Waals surface area (Å²) >= 11 is 0. The summed E-state index contributed by atoms with van der Waals surface area (Å²) in [4.78, 5) is 12.3. The molecule has 0 saturated carbocycles. The highest BCUT2D eigenvalue weighted by atomic mass is 32.2. The average Bonchev–Trinajstić information content (AvgIpc) is 2.89. The third kappa shape index (κ3) is 5.22. The van der Waals surface area contributed by atoms with Gasteiger partial charge in [-0.25, -0.2) is 18.1 Å². The number of fused-ring (bicyclic) bond motifs is 3. The van der Waals surface area contributed by atoms with Crippen LogP contribution in [-0.4, -0.2) is 88.7 Å². The second-order valence-corrected chi connectivity index (χ2v) is 11.5. The van der Waals surface area contributed by atoms with Gasteiger partial charge in [0.15, 0.2) is 0 Å². The summed E-state index contributed by atoms with van der Waals surface area (Å²) in [7, 11) is -1.94. The lowest BCUT2D eigenvalue weighted by Gasteiger charge is -2.51. The topological polar surface area (TPSA) is 78.0 Å². The molecule has 1 aromatic carbocycles. The van der Waals surface area contributed by atoms with Gasteiger partial charge in [-0.05, 0) is 67.6 Å². The normalized spacial score (nSPS) is 27.6. The number of piperidine rings is 3. The molecule has 2 bridgehead atoms. The van der Waals surface area contributed by atoms with Gasteiger partial charge in [0, 0.05) is 58.1 Å². The summed E-state index contributed by atoms with van der Waals surface area (Å²) in [6.45, 7) is 7.95. The molecule has 0 aliphatic carbocycles. The molecule has 4 fully saturated rings. The van der Waals surface area contributed by atoms with Crippen molar-refractivity contribution in [3.05, 3.63) is 48.7 Å². The van der Waals surface area contributed by atoms with Crippen molar-refractivity contribution in [1.29, 1.82) is 0 Å². The molecule has 0 radical (unpaired) electrons. The number of ether oxygens (including phenoxy) is 1. The molecule has 184 valence electrons. The standard InChI is InChI=1S/C25H35N5O3S/c1-33-23-5-7-24(8-6-23)34(31,32)27-17-22-16-20-9-11-30(22)19-21(20)18-28-12-14-29(15-13-28)25-4-2-3-10-26-25/h2-8,10,20-22,27H,9,11-19H2,1H3/t20-,21-,22+/m0/s1. The number of benzene rings is 1. The number of nitrogens with zero attached hydrogens (tertiary/aromatic N) is 4. The molecule has 34 heavy (non-hydrogen) atoms. The molecule has 1 aromatic heterocycles. The number of hydrogen-bond donors (Lipinski definition) is 1. The molecule has 0 amide bonds. The van der Waals surface area contributed by atoms with Crippen LogP contribution >= 0.6 is 0 Å². The largest absolute Gasteiger partial charge is 0.497 e. The van der Waals surface area contributed by atoms with Crippen LogP contribution in [0.5, 0.6) is 5.75 Å². The number of hydrogen-bond acceptors (Lipinski definition) is 7. The van der Waals surface area contributed by atoms with Crippen LogP contribution < -0.4 is 14.4 Å². The van der Waals surface area contributed by atoms with Crippen molar-refractivity contribution in [2.45, 2.75) is 23.8 Å². The van der Waals surface area contributed by atoms with Crippen LogP contribution in [0.2, 0.25) is 0 Å². The molecular formula is C25H35N5O3S. The SMILES string of the molecule is COc1ccc(S(=O)(=O)NC[C@H]2C[C@@H]3CCN2C[C@@H]3CN2CCN(c3ccccn3)CC2)cc1. The molecule has 5 heterocycles. The highest BCUT2D eigenvalue weighted by molar-refractivity contribution is 7.89. The predicted molar refractivity (Wildman–Crippen MR) is 133 cm³/mol. The van der Waals surface area contributed by atoms with Gasteiger partial charge >= 0.3 is 0 Å². The molecule has 2 aromatic rings. The van der Waals surface area contributed by atoms with Crippen LogP contribution in [0.15, 0.2) is 53.6 Å². The van der Waals surface area contributed by atoms with E-state index < -0.39 is 10.0 Å². The minimum atomic E-state index is -3.52. The zero-order valence-electron chi connectivity index (χ0n) is 19.8. The van der Waals surface area contributed by atoms with E-state index in [0.717, 1.165) is 58.1 Å². The molecule has 4 aliphatic heterocycles. The first-order valence-electron chi connectivity index (χ1n) is 12.3. The van der Waals surface area contributed by atoms with Crippen LogP contribution in [0.25, 0.3) is 0 Å². The second kappa shape index (κ2) is 10.2. The molecule has 4 aliphatic rings. The number of piperazine rings is 1. The maximum Gasteiger partial charge on any atom is 0.240 e. The van der Waals surface area contributed by atoms with E-state index in [-0.39, 0.29) is 10.9 Å². The first kappa shape index (κ1) is 23.5. The first-order valence-corrected chi connectivity index (χ1v) is 13.8. The molecule has 1 N–H and O–H groups in total. The third-order valence-electron chi connectivity index (χ3n) is 7.73. The lowest BCUT2D eigenvalue weighted by molar-refractivity contribution is -0.0108. The summed E-state index contributed by atoms with van der Waals surface area (Å²) in [6.07, 6.45) is 4.16.